The first-order chi connectivity index (χ1) is 12.3. The monoisotopic (exact) mass is 377 g/mol. The molecule has 144 valence electrons. The van der Waals surface area contributed by atoms with Gasteiger partial charge in [0.05, 0.1) is 13.1 Å². The average molecular weight is 378 g/mol. The lowest BCUT2D eigenvalue weighted by atomic mass is 9.81. The molecule has 3 rings (SSSR count). The fraction of sp³-hybridized carbons (Fsp3) is 0.700. The van der Waals surface area contributed by atoms with Gasteiger partial charge in [-0.1, -0.05) is 33.3 Å². The smallest absolute Gasteiger partial charge is 0.234 e. The van der Waals surface area contributed by atoms with Crippen molar-refractivity contribution in [3.8, 4) is 0 Å². The summed E-state index contributed by atoms with van der Waals surface area (Å²) in [6.07, 6.45) is 5.38. The van der Waals surface area contributed by atoms with Gasteiger partial charge in [-0.25, -0.2) is 0 Å². The van der Waals surface area contributed by atoms with Gasteiger partial charge in [0, 0.05) is 28.4 Å². The summed E-state index contributed by atoms with van der Waals surface area (Å²) in [5, 5.41) is 8.32. The molecule has 0 radical (unpaired) electrons. The molecule has 5 nitrogen and oxygen atoms in total. The number of fused-ring (bicyclic) bond motifs is 2. The largest absolute Gasteiger partial charge is 0.353 e. The molecule has 26 heavy (non-hydrogen) atoms. The highest BCUT2D eigenvalue weighted by molar-refractivity contribution is 7.09. The standard InChI is InChI=1S/C20H31N3O2S/c1-20(2,3)19(25)22-14-10-15-6-4-7-16(11-14)23(15)13-18(24)21-12-17-8-5-9-26-17/h5,8-9,14-16H,4,6-7,10-13H2,1-3H3,(H,21,24)(H,22,25)/t15-,16-/m1/s1. The van der Waals surface area contributed by atoms with E-state index in [4.69, 9.17) is 0 Å². The number of hydrogen-bond acceptors (Lipinski definition) is 4. The third-order valence-electron chi connectivity index (χ3n) is 5.51. The van der Waals surface area contributed by atoms with Crippen LogP contribution in [-0.2, 0) is 16.1 Å². The first kappa shape index (κ1) is 19.4. The van der Waals surface area contributed by atoms with Crippen LogP contribution in [0.3, 0.4) is 0 Å². The summed E-state index contributed by atoms with van der Waals surface area (Å²) >= 11 is 1.67. The lowest BCUT2D eigenvalue weighted by Gasteiger charge is -2.49. The Balaban J connectivity index is 1.53. The molecule has 2 aliphatic rings. The molecule has 2 bridgehead atoms. The molecular formula is C20H31N3O2S. The molecule has 1 aromatic heterocycles. The highest BCUT2D eigenvalue weighted by Crippen LogP contribution is 2.34. The second-order valence-corrected chi connectivity index (χ2v) is 9.69. The summed E-state index contributed by atoms with van der Waals surface area (Å²) < 4.78 is 0. The quantitative estimate of drug-likeness (QED) is 0.829. The van der Waals surface area contributed by atoms with Crippen molar-refractivity contribution >= 4 is 23.2 Å². The van der Waals surface area contributed by atoms with Crippen LogP contribution in [0.5, 0.6) is 0 Å². The number of carbonyl (C=O) groups is 2. The maximum atomic E-state index is 12.4. The summed E-state index contributed by atoms with van der Waals surface area (Å²) in [6, 6.07) is 5.10. The van der Waals surface area contributed by atoms with E-state index < -0.39 is 0 Å². The summed E-state index contributed by atoms with van der Waals surface area (Å²) in [5.74, 6) is 0.232. The van der Waals surface area contributed by atoms with Crippen molar-refractivity contribution in [2.24, 2.45) is 5.41 Å². The number of hydrogen-bond donors (Lipinski definition) is 2. The van der Waals surface area contributed by atoms with Gasteiger partial charge in [0.1, 0.15) is 0 Å². The molecular weight excluding hydrogens is 346 g/mol. The normalized spacial score (nSPS) is 26.3. The van der Waals surface area contributed by atoms with Crippen LogP contribution in [0.15, 0.2) is 17.5 Å². The number of rotatable bonds is 5. The van der Waals surface area contributed by atoms with Crippen LogP contribution in [0.2, 0.25) is 0 Å². The predicted molar refractivity (Wildman–Crippen MR) is 105 cm³/mol. The number of amides is 2. The van der Waals surface area contributed by atoms with Crippen molar-refractivity contribution in [2.75, 3.05) is 6.54 Å². The Morgan fingerprint density at radius 2 is 1.92 bits per heavy atom. The maximum absolute atomic E-state index is 12.4. The van der Waals surface area contributed by atoms with E-state index in [9.17, 15) is 9.59 Å². The van der Waals surface area contributed by atoms with E-state index >= 15 is 0 Å². The van der Waals surface area contributed by atoms with E-state index in [0.717, 1.165) is 25.7 Å². The Bertz CT molecular complexity index is 610. The Hall–Kier alpha value is -1.40. The highest BCUT2D eigenvalue weighted by atomic mass is 32.1. The molecule has 2 aliphatic heterocycles. The first-order valence-electron chi connectivity index (χ1n) is 9.68. The molecule has 3 heterocycles. The Kier molecular flexibility index (Phi) is 6.03. The van der Waals surface area contributed by atoms with E-state index in [2.05, 4.69) is 15.5 Å². The summed E-state index contributed by atoms with van der Waals surface area (Å²) in [6.45, 7) is 6.95. The van der Waals surface area contributed by atoms with Crippen LogP contribution in [0.4, 0.5) is 0 Å². The zero-order valence-electron chi connectivity index (χ0n) is 16.1. The minimum absolute atomic E-state index is 0.104. The summed E-state index contributed by atoms with van der Waals surface area (Å²) in [5.41, 5.74) is -0.353. The number of nitrogens with zero attached hydrogens (tertiary/aromatic N) is 1. The Morgan fingerprint density at radius 3 is 2.50 bits per heavy atom. The fourth-order valence-electron chi connectivity index (χ4n) is 4.08. The second kappa shape index (κ2) is 8.09. The van der Waals surface area contributed by atoms with Gasteiger partial charge in [-0.05, 0) is 37.1 Å². The molecule has 2 atom stereocenters. The van der Waals surface area contributed by atoms with E-state index in [0.29, 0.717) is 25.2 Å². The van der Waals surface area contributed by atoms with Crippen LogP contribution in [0, 0.1) is 5.41 Å². The first-order valence-corrected chi connectivity index (χ1v) is 10.6. The van der Waals surface area contributed by atoms with Gasteiger partial charge in [0.25, 0.3) is 0 Å². The third kappa shape index (κ3) is 4.86. The van der Waals surface area contributed by atoms with Crippen LogP contribution in [-0.4, -0.2) is 41.4 Å². The molecule has 0 aliphatic carbocycles. The van der Waals surface area contributed by atoms with E-state index in [1.54, 1.807) is 11.3 Å². The molecule has 0 spiro atoms. The van der Waals surface area contributed by atoms with E-state index in [1.165, 1.54) is 11.3 Å². The van der Waals surface area contributed by atoms with Crippen LogP contribution < -0.4 is 10.6 Å². The average Bonchev–Trinajstić information content (AvgIpc) is 3.06. The molecule has 2 amide bonds. The van der Waals surface area contributed by atoms with Gasteiger partial charge in [0.2, 0.25) is 11.8 Å². The molecule has 0 saturated carbocycles. The minimum Gasteiger partial charge on any atom is -0.353 e. The lowest BCUT2D eigenvalue weighted by Crippen LogP contribution is -2.59. The number of nitrogens with one attached hydrogen (secondary N) is 2. The number of thiophene rings is 1. The SMILES string of the molecule is CC(C)(C)C(=O)NC1C[C@H]2CCC[C@H](C1)N2CC(=O)NCc1cccs1. The lowest BCUT2D eigenvalue weighted by molar-refractivity contribution is -0.131. The summed E-state index contributed by atoms with van der Waals surface area (Å²) in [7, 11) is 0. The zero-order valence-corrected chi connectivity index (χ0v) is 16.9. The molecule has 2 N–H and O–H groups in total. The zero-order chi connectivity index (χ0) is 18.7. The predicted octanol–water partition coefficient (Wildman–Crippen LogP) is 2.91. The topological polar surface area (TPSA) is 61.4 Å². The van der Waals surface area contributed by atoms with Gasteiger partial charge in [-0.3, -0.25) is 14.5 Å². The van der Waals surface area contributed by atoms with Crippen molar-refractivity contribution in [3.05, 3.63) is 22.4 Å². The van der Waals surface area contributed by atoms with Gasteiger partial charge in [-0.15, -0.1) is 11.3 Å². The molecule has 2 saturated heterocycles. The number of piperidine rings is 2. The minimum atomic E-state index is -0.353. The van der Waals surface area contributed by atoms with Gasteiger partial charge in [-0.2, -0.15) is 0 Å². The molecule has 0 unspecified atom stereocenters. The fourth-order valence-corrected chi connectivity index (χ4v) is 4.72. The van der Waals surface area contributed by atoms with Crippen molar-refractivity contribution in [2.45, 2.75) is 77.5 Å². The van der Waals surface area contributed by atoms with Crippen molar-refractivity contribution in [1.82, 2.24) is 15.5 Å². The van der Waals surface area contributed by atoms with Crippen LogP contribution in [0.1, 0.15) is 57.8 Å². The van der Waals surface area contributed by atoms with Gasteiger partial charge < -0.3 is 10.6 Å². The van der Waals surface area contributed by atoms with Crippen LogP contribution in [0.25, 0.3) is 0 Å². The van der Waals surface area contributed by atoms with Crippen LogP contribution >= 0.6 is 11.3 Å². The molecule has 6 heteroatoms. The Labute approximate surface area is 160 Å². The maximum Gasteiger partial charge on any atom is 0.234 e. The third-order valence-corrected chi connectivity index (χ3v) is 6.38. The summed E-state index contributed by atoms with van der Waals surface area (Å²) in [4.78, 5) is 28.3. The molecule has 2 fully saturated rings. The van der Waals surface area contributed by atoms with Crippen molar-refractivity contribution in [3.63, 3.8) is 0 Å². The second-order valence-electron chi connectivity index (χ2n) is 8.66. The van der Waals surface area contributed by atoms with Gasteiger partial charge >= 0.3 is 0 Å². The molecule has 0 aromatic carbocycles. The number of carbonyl (C=O) groups excluding carboxylic acids is 2. The Morgan fingerprint density at radius 1 is 1.23 bits per heavy atom. The van der Waals surface area contributed by atoms with E-state index in [1.807, 2.05) is 38.3 Å². The van der Waals surface area contributed by atoms with E-state index in [-0.39, 0.29) is 23.3 Å². The molecule has 1 aromatic rings. The van der Waals surface area contributed by atoms with Crippen molar-refractivity contribution in [1.29, 1.82) is 0 Å². The highest BCUT2D eigenvalue weighted by Gasteiger charge is 2.40. The van der Waals surface area contributed by atoms with Gasteiger partial charge in [0.15, 0.2) is 0 Å². The van der Waals surface area contributed by atoms with Crippen molar-refractivity contribution < 1.29 is 9.59 Å².